The van der Waals surface area contributed by atoms with E-state index in [-0.39, 0.29) is 5.16 Å². The first-order valence-corrected chi connectivity index (χ1v) is 6.46. The van der Waals surface area contributed by atoms with Crippen molar-refractivity contribution < 1.29 is 4.57 Å². The molecule has 10 heavy (non-hydrogen) atoms. The number of hydrogen-bond acceptors (Lipinski definition) is 1. The third-order valence-corrected chi connectivity index (χ3v) is 5.46. The van der Waals surface area contributed by atoms with Gasteiger partial charge in [-0.15, -0.1) is 0 Å². The molecule has 0 aromatic rings. The SMILES string of the molecule is CCCC(C)(C)P(C)(C)=O. The maximum absolute atomic E-state index is 11.6. The van der Waals surface area contributed by atoms with Crippen molar-refractivity contribution in [2.75, 3.05) is 13.3 Å². The molecule has 0 rings (SSSR count). The van der Waals surface area contributed by atoms with Crippen LogP contribution in [0.4, 0.5) is 0 Å². The Labute approximate surface area is 64.6 Å². The zero-order valence-corrected chi connectivity index (χ0v) is 8.66. The molecule has 0 heterocycles. The summed E-state index contributed by atoms with van der Waals surface area (Å²) in [6.45, 7) is 10.1. The fraction of sp³-hybridized carbons (Fsp3) is 1.00. The van der Waals surface area contributed by atoms with E-state index in [9.17, 15) is 4.57 Å². The van der Waals surface area contributed by atoms with E-state index in [4.69, 9.17) is 0 Å². The maximum atomic E-state index is 11.6. The van der Waals surface area contributed by atoms with E-state index in [0.29, 0.717) is 0 Å². The summed E-state index contributed by atoms with van der Waals surface area (Å²) in [5, 5.41) is 0.0434. The van der Waals surface area contributed by atoms with Crippen molar-refractivity contribution in [1.29, 1.82) is 0 Å². The van der Waals surface area contributed by atoms with Crippen molar-refractivity contribution in [3.05, 3.63) is 0 Å². The third kappa shape index (κ3) is 2.46. The fourth-order valence-electron chi connectivity index (χ4n) is 0.881. The van der Waals surface area contributed by atoms with E-state index in [1.54, 1.807) is 0 Å². The van der Waals surface area contributed by atoms with Crippen LogP contribution in [0.1, 0.15) is 33.6 Å². The Kier molecular flexibility index (Phi) is 3.16. The van der Waals surface area contributed by atoms with Crippen LogP contribution in [-0.2, 0) is 4.57 Å². The molecule has 1 nitrogen and oxygen atoms in total. The van der Waals surface area contributed by atoms with Crippen molar-refractivity contribution in [3.8, 4) is 0 Å². The van der Waals surface area contributed by atoms with Gasteiger partial charge in [0.15, 0.2) is 0 Å². The predicted molar refractivity (Wildman–Crippen MR) is 48.4 cm³/mol. The second-order valence-electron chi connectivity index (χ2n) is 3.91. The molecule has 62 valence electrons. The average molecular weight is 162 g/mol. The molecule has 0 saturated carbocycles. The third-order valence-electron chi connectivity index (χ3n) is 2.32. The van der Waals surface area contributed by atoms with E-state index in [1.807, 2.05) is 13.3 Å². The Hall–Kier alpha value is 0.230. The predicted octanol–water partition coefficient (Wildman–Crippen LogP) is 3.19. The lowest BCUT2D eigenvalue weighted by Gasteiger charge is -2.28. The van der Waals surface area contributed by atoms with Crippen LogP contribution < -0.4 is 0 Å². The summed E-state index contributed by atoms with van der Waals surface area (Å²) in [6.07, 6.45) is 2.19. The second kappa shape index (κ2) is 3.09. The van der Waals surface area contributed by atoms with E-state index >= 15 is 0 Å². The van der Waals surface area contributed by atoms with E-state index in [1.165, 1.54) is 0 Å². The highest BCUT2D eigenvalue weighted by molar-refractivity contribution is 7.63. The van der Waals surface area contributed by atoms with Gasteiger partial charge < -0.3 is 4.57 Å². The highest BCUT2D eigenvalue weighted by atomic mass is 31.2. The highest BCUT2D eigenvalue weighted by Gasteiger charge is 2.30. The zero-order valence-electron chi connectivity index (χ0n) is 7.77. The molecule has 0 radical (unpaired) electrons. The van der Waals surface area contributed by atoms with Crippen molar-refractivity contribution >= 4 is 7.14 Å². The van der Waals surface area contributed by atoms with Crippen LogP contribution in [-0.4, -0.2) is 18.5 Å². The van der Waals surface area contributed by atoms with Crippen LogP contribution in [0.25, 0.3) is 0 Å². The van der Waals surface area contributed by atoms with E-state index in [2.05, 4.69) is 20.8 Å². The molecule has 0 fully saturated rings. The van der Waals surface area contributed by atoms with Gasteiger partial charge in [0.1, 0.15) is 0 Å². The molecule has 0 amide bonds. The molecule has 0 spiro atoms. The van der Waals surface area contributed by atoms with Gasteiger partial charge in [0.25, 0.3) is 0 Å². The second-order valence-corrected chi connectivity index (χ2v) is 7.83. The molecule has 0 N–H and O–H groups in total. The summed E-state index contributed by atoms with van der Waals surface area (Å²) in [6, 6.07) is 0. The molecule has 0 saturated heterocycles. The van der Waals surface area contributed by atoms with Crippen molar-refractivity contribution in [1.82, 2.24) is 0 Å². The average Bonchev–Trinajstić information content (AvgIpc) is 1.61. The van der Waals surface area contributed by atoms with Gasteiger partial charge in [-0.3, -0.25) is 0 Å². The molecule has 2 heteroatoms. The van der Waals surface area contributed by atoms with Gasteiger partial charge in [0.05, 0.1) is 7.14 Å². The lowest BCUT2D eigenvalue weighted by Crippen LogP contribution is -2.18. The minimum Gasteiger partial charge on any atom is -0.324 e. The van der Waals surface area contributed by atoms with Gasteiger partial charge in [0, 0.05) is 5.16 Å². The van der Waals surface area contributed by atoms with Gasteiger partial charge in [-0.2, -0.15) is 0 Å². The normalized spacial score (nSPS) is 13.7. The molecule has 0 bridgehead atoms. The van der Waals surface area contributed by atoms with Crippen LogP contribution in [0.2, 0.25) is 0 Å². The molecule has 0 aliphatic rings. The summed E-state index contributed by atoms with van der Waals surface area (Å²) < 4.78 is 11.6. The Morgan fingerprint density at radius 2 is 1.70 bits per heavy atom. The Bertz CT molecular complexity index is 143. The van der Waals surface area contributed by atoms with Crippen molar-refractivity contribution in [2.24, 2.45) is 0 Å². The Balaban J connectivity index is 4.25. The summed E-state index contributed by atoms with van der Waals surface area (Å²) in [4.78, 5) is 0. The lowest BCUT2D eigenvalue weighted by atomic mass is 10.1. The standard InChI is InChI=1S/C8H19OP/c1-6-7-8(2,3)10(4,5)9/h6-7H2,1-5H3. The first-order valence-electron chi connectivity index (χ1n) is 3.86. The summed E-state index contributed by atoms with van der Waals surface area (Å²) in [7, 11) is -1.89. The van der Waals surface area contributed by atoms with Crippen LogP contribution >= 0.6 is 7.14 Å². The zero-order chi connectivity index (χ0) is 8.41. The van der Waals surface area contributed by atoms with Gasteiger partial charge in [-0.25, -0.2) is 0 Å². The van der Waals surface area contributed by atoms with Gasteiger partial charge >= 0.3 is 0 Å². The number of hydrogen-bond donors (Lipinski definition) is 0. The van der Waals surface area contributed by atoms with Crippen molar-refractivity contribution in [2.45, 2.75) is 38.8 Å². The highest BCUT2D eigenvalue weighted by Crippen LogP contribution is 2.53. The van der Waals surface area contributed by atoms with Crippen LogP contribution in [0.3, 0.4) is 0 Å². The molecule has 0 aromatic carbocycles. The minimum atomic E-state index is -1.89. The molecule has 0 atom stereocenters. The lowest BCUT2D eigenvalue weighted by molar-refractivity contribution is 0.527. The van der Waals surface area contributed by atoms with Gasteiger partial charge in [-0.1, -0.05) is 27.2 Å². The molecule has 0 aromatic heterocycles. The quantitative estimate of drug-likeness (QED) is 0.582. The smallest absolute Gasteiger partial charge is 0.0872 e. The summed E-state index contributed by atoms with van der Waals surface area (Å²) >= 11 is 0. The van der Waals surface area contributed by atoms with Gasteiger partial charge in [0.2, 0.25) is 0 Å². The van der Waals surface area contributed by atoms with E-state index < -0.39 is 7.14 Å². The summed E-state index contributed by atoms with van der Waals surface area (Å²) in [5.74, 6) is 0. The fourth-order valence-corrected chi connectivity index (χ4v) is 1.64. The van der Waals surface area contributed by atoms with Gasteiger partial charge in [-0.05, 0) is 19.8 Å². The Morgan fingerprint density at radius 3 is 1.80 bits per heavy atom. The maximum Gasteiger partial charge on any atom is 0.0872 e. The minimum absolute atomic E-state index is 0.0434. The largest absolute Gasteiger partial charge is 0.324 e. The molecular weight excluding hydrogens is 143 g/mol. The molecule has 0 unspecified atom stereocenters. The first kappa shape index (κ1) is 10.2. The summed E-state index contributed by atoms with van der Waals surface area (Å²) in [5.41, 5.74) is 0. The number of rotatable bonds is 3. The topological polar surface area (TPSA) is 17.1 Å². The molecule has 0 aliphatic carbocycles. The Morgan fingerprint density at radius 1 is 1.30 bits per heavy atom. The monoisotopic (exact) mass is 162 g/mol. The van der Waals surface area contributed by atoms with Crippen LogP contribution in [0, 0.1) is 0 Å². The van der Waals surface area contributed by atoms with Crippen molar-refractivity contribution in [3.63, 3.8) is 0 Å². The van der Waals surface area contributed by atoms with Crippen LogP contribution in [0.5, 0.6) is 0 Å². The molecular formula is C8H19OP. The first-order chi connectivity index (χ1) is 4.31. The van der Waals surface area contributed by atoms with Crippen LogP contribution in [0.15, 0.2) is 0 Å². The van der Waals surface area contributed by atoms with E-state index in [0.717, 1.165) is 12.8 Å². The molecule has 0 aliphatic heterocycles.